The molecule has 0 aliphatic rings. The summed E-state index contributed by atoms with van der Waals surface area (Å²) in [4.78, 5) is 7.32. The van der Waals surface area contributed by atoms with Crippen molar-refractivity contribution in [1.29, 1.82) is 0 Å². The first-order valence-electron chi connectivity index (χ1n) is 5.13. The third-order valence-electron chi connectivity index (χ3n) is 2.21. The maximum Gasteiger partial charge on any atom is 0.224 e. The molecule has 2 aromatic rings. The predicted molar refractivity (Wildman–Crippen MR) is 61.1 cm³/mol. The monoisotopic (exact) mass is 272 g/mol. The molecule has 0 saturated carbocycles. The lowest BCUT2D eigenvalue weighted by molar-refractivity contribution is 0.448. The van der Waals surface area contributed by atoms with Crippen LogP contribution >= 0.6 is 0 Å². The molecule has 0 bridgehead atoms. The van der Waals surface area contributed by atoms with Gasteiger partial charge in [-0.1, -0.05) is 0 Å². The van der Waals surface area contributed by atoms with Gasteiger partial charge in [0.1, 0.15) is 0 Å². The molecule has 4 nitrogen and oxygen atoms in total. The molecule has 19 heavy (non-hydrogen) atoms. The Balaban J connectivity index is 2.36. The number of benzene rings is 1. The van der Waals surface area contributed by atoms with Gasteiger partial charge in [0.05, 0.1) is 6.20 Å². The second-order valence-corrected chi connectivity index (χ2v) is 3.52. The largest absolute Gasteiger partial charge is 0.357 e. The van der Waals surface area contributed by atoms with E-state index in [0.29, 0.717) is 12.1 Å². The lowest BCUT2D eigenvalue weighted by Crippen LogP contribution is -2.04. The molecule has 0 atom stereocenters. The molecule has 0 aliphatic heterocycles. The summed E-state index contributed by atoms with van der Waals surface area (Å²) in [6.07, 6.45) is 0.886. The van der Waals surface area contributed by atoms with E-state index in [1.54, 1.807) is 0 Å². The van der Waals surface area contributed by atoms with E-state index in [1.807, 2.05) is 0 Å². The molecule has 1 aromatic heterocycles. The number of aromatic nitrogens is 2. The highest BCUT2D eigenvalue weighted by Gasteiger charge is 2.12. The molecule has 0 aliphatic carbocycles. The third kappa shape index (κ3) is 2.72. The molecular weight excluding hydrogens is 264 g/mol. The van der Waals surface area contributed by atoms with Gasteiger partial charge in [0.2, 0.25) is 5.95 Å². The Hall–Kier alpha value is -2.38. The molecular formula is C11H8F4N4. The van der Waals surface area contributed by atoms with Crippen LogP contribution in [-0.2, 0) is 0 Å². The van der Waals surface area contributed by atoms with Crippen LogP contribution in [-0.4, -0.2) is 17.0 Å². The standard InChI is InChI=1S/C11H8F4N4/c1-16-11-17-4-8(14)10(19-11)18-5-2-6(12)9(15)7(13)3-5/h2-4H,1H3,(H2,16,17,18,19). The van der Waals surface area contributed by atoms with Crippen LogP contribution in [0.1, 0.15) is 0 Å². The minimum atomic E-state index is -1.59. The van der Waals surface area contributed by atoms with Crippen molar-refractivity contribution in [1.82, 2.24) is 9.97 Å². The molecule has 1 aromatic carbocycles. The molecule has 0 saturated heterocycles. The van der Waals surface area contributed by atoms with E-state index in [4.69, 9.17) is 0 Å². The first kappa shape index (κ1) is 13.1. The summed E-state index contributed by atoms with van der Waals surface area (Å²) in [5.41, 5.74) is -0.170. The summed E-state index contributed by atoms with van der Waals surface area (Å²) in [7, 11) is 1.52. The molecule has 0 fully saturated rings. The van der Waals surface area contributed by atoms with Crippen molar-refractivity contribution in [2.45, 2.75) is 0 Å². The molecule has 100 valence electrons. The van der Waals surface area contributed by atoms with Gasteiger partial charge in [0, 0.05) is 24.9 Å². The lowest BCUT2D eigenvalue weighted by atomic mass is 10.3. The molecule has 0 unspecified atom stereocenters. The summed E-state index contributed by atoms with van der Waals surface area (Å²) in [6, 6.07) is 1.39. The summed E-state index contributed by atoms with van der Waals surface area (Å²) in [5, 5.41) is 4.92. The van der Waals surface area contributed by atoms with Gasteiger partial charge in [-0.25, -0.2) is 22.5 Å². The molecule has 2 N–H and O–H groups in total. The Kier molecular flexibility index (Phi) is 3.50. The van der Waals surface area contributed by atoms with Crippen LogP contribution in [0.2, 0.25) is 0 Å². The Morgan fingerprint density at radius 1 is 1.00 bits per heavy atom. The van der Waals surface area contributed by atoms with Gasteiger partial charge in [-0.05, 0) is 0 Å². The summed E-state index contributed by atoms with van der Waals surface area (Å²) < 4.78 is 52.1. The normalized spacial score (nSPS) is 10.4. The van der Waals surface area contributed by atoms with Crippen molar-refractivity contribution >= 4 is 17.5 Å². The zero-order valence-electron chi connectivity index (χ0n) is 9.64. The summed E-state index contributed by atoms with van der Waals surface area (Å²) in [5.74, 6) is -5.35. The Morgan fingerprint density at radius 2 is 1.63 bits per heavy atom. The number of nitrogens with zero attached hydrogens (tertiary/aromatic N) is 2. The average molecular weight is 272 g/mol. The smallest absolute Gasteiger partial charge is 0.224 e. The van der Waals surface area contributed by atoms with E-state index in [2.05, 4.69) is 20.6 Å². The zero-order valence-corrected chi connectivity index (χ0v) is 9.64. The SMILES string of the molecule is CNc1ncc(F)c(Nc2cc(F)c(F)c(F)c2)n1. The molecule has 2 rings (SSSR count). The van der Waals surface area contributed by atoms with Crippen LogP contribution in [0.15, 0.2) is 18.3 Å². The van der Waals surface area contributed by atoms with Gasteiger partial charge in [-0.3, -0.25) is 0 Å². The van der Waals surface area contributed by atoms with Crippen LogP contribution in [0.5, 0.6) is 0 Å². The number of halogens is 4. The zero-order chi connectivity index (χ0) is 14.0. The minimum absolute atomic E-state index is 0.118. The minimum Gasteiger partial charge on any atom is -0.357 e. The maximum atomic E-state index is 13.4. The molecule has 0 radical (unpaired) electrons. The number of hydrogen-bond acceptors (Lipinski definition) is 4. The molecule has 8 heteroatoms. The number of hydrogen-bond donors (Lipinski definition) is 2. The molecule has 0 spiro atoms. The van der Waals surface area contributed by atoms with Crippen molar-refractivity contribution in [3.8, 4) is 0 Å². The molecule has 1 heterocycles. The van der Waals surface area contributed by atoms with Gasteiger partial charge in [0.25, 0.3) is 0 Å². The van der Waals surface area contributed by atoms with Crippen molar-refractivity contribution in [2.75, 3.05) is 17.7 Å². The first-order chi connectivity index (χ1) is 9.01. The van der Waals surface area contributed by atoms with Gasteiger partial charge in [0.15, 0.2) is 29.1 Å². The van der Waals surface area contributed by atoms with Crippen LogP contribution in [0, 0.1) is 23.3 Å². The summed E-state index contributed by atoms with van der Waals surface area (Å²) >= 11 is 0. The van der Waals surface area contributed by atoms with Gasteiger partial charge in [-0.2, -0.15) is 4.98 Å². The summed E-state index contributed by atoms with van der Waals surface area (Å²) in [6.45, 7) is 0. The Bertz CT molecular complexity index is 595. The van der Waals surface area contributed by atoms with Crippen molar-refractivity contribution in [2.24, 2.45) is 0 Å². The number of nitrogens with one attached hydrogen (secondary N) is 2. The van der Waals surface area contributed by atoms with E-state index in [-0.39, 0.29) is 17.5 Å². The second-order valence-electron chi connectivity index (χ2n) is 3.52. The number of anilines is 3. The van der Waals surface area contributed by atoms with Crippen molar-refractivity contribution in [3.05, 3.63) is 41.6 Å². The lowest BCUT2D eigenvalue weighted by Gasteiger charge is -2.08. The fourth-order valence-electron chi connectivity index (χ4n) is 1.34. The van der Waals surface area contributed by atoms with Crippen LogP contribution in [0.4, 0.5) is 35.0 Å². The topological polar surface area (TPSA) is 49.8 Å². The highest BCUT2D eigenvalue weighted by atomic mass is 19.2. The highest BCUT2D eigenvalue weighted by molar-refractivity contribution is 5.57. The molecule has 0 amide bonds. The first-order valence-corrected chi connectivity index (χ1v) is 5.13. The Morgan fingerprint density at radius 3 is 2.21 bits per heavy atom. The maximum absolute atomic E-state index is 13.4. The van der Waals surface area contributed by atoms with Crippen molar-refractivity contribution in [3.63, 3.8) is 0 Å². The Labute approximate surface area is 105 Å². The average Bonchev–Trinajstić information content (AvgIpc) is 2.38. The fourth-order valence-corrected chi connectivity index (χ4v) is 1.34. The number of rotatable bonds is 3. The van der Waals surface area contributed by atoms with E-state index < -0.39 is 23.3 Å². The van der Waals surface area contributed by atoms with Gasteiger partial charge >= 0.3 is 0 Å². The second kappa shape index (κ2) is 5.09. The third-order valence-corrected chi connectivity index (χ3v) is 2.21. The van der Waals surface area contributed by atoms with Crippen molar-refractivity contribution < 1.29 is 17.6 Å². The van der Waals surface area contributed by atoms with Gasteiger partial charge in [-0.15, -0.1) is 0 Å². The van der Waals surface area contributed by atoms with Crippen LogP contribution < -0.4 is 10.6 Å². The van der Waals surface area contributed by atoms with Crippen LogP contribution in [0.3, 0.4) is 0 Å². The predicted octanol–water partition coefficient (Wildman–Crippen LogP) is 2.82. The highest BCUT2D eigenvalue weighted by Crippen LogP contribution is 2.22. The van der Waals surface area contributed by atoms with Crippen LogP contribution in [0.25, 0.3) is 0 Å². The van der Waals surface area contributed by atoms with E-state index >= 15 is 0 Å². The quantitative estimate of drug-likeness (QED) is 0.666. The fraction of sp³-hybridized carbons (Fsp3) is 0.0909. The van der Waals surface area contributed by atoms with E-state index in [0.717, 1.165) is 6.20 Å². The van der Waals surface area contributed by atoms with E-state index in [9.17, 15) is 17.6 Å². The van der Waals surface area contributed by atoms with E-state index in [1.165, 1.54) is 7.05 Å². The van der Waals surface area contributed by atoms with Gasteiger partial charge < -0.3 is 10.6 Å².